The molecular weight excluding hydrogens is 265 g/mol. The topological polar surface area (TPSA) is 23.5 Å². The van der Waals surface area contributed by atoms with Gasteiger partial charge in [0.2, 0.25) is 0 Å². The molecule has 0 aromatic heterocycles. The second kappa shape index (κ2) is 7.59. The molecule has 0 aliphatic carbocycles. The Bertz CT molecular complexity index is 532. The van der Waals surface area contributed by atoms with Crippen LogP contribution in [0.4, 0.5) is 4.39 Å². The molecular formula is C18H24FNO. The number of likely N-dealkylation sites (tertiary alicyclic amines) is 1. The summed E-state index contributed by atoms with van der Waals surface area (Å²) in [6, 6.07) is 5.76. The van der Waals surface area contributed by atoms with Crippen LogP contribution in [0, 0.1) is 23.6 Å². The summed E-state index contributed by atoms with van der Waals surface area (Å²) in [7, 11) is 0. The highest BCUT2D eigenvalue weighted by molar-refractivity contribution is 5.38. The van der Waals surface area contributed by atoms with Crippen LogP contribution in [0.2, 0.25) is 0 Å². The Morgan fingerprint density at radius 2 is 2.14 bits per heavy atom. The van der Waals surface area contributed by atoms with Crippen LogP contribution >= 0.6 is 0 Å². The highest BCUT2D eigenvalue weighted by Gasteiger charge is 2.22. The summed E-state index contributed by atoms with van der Waals surface area (Å²) in [5.74, 6) is 6.03. The van der Waals surface area contributed by atoms with E-state index in [9.17, 15) is 4.39 Å². The molecule has 1 fully saturated rings. The molecule has 1 aliphatic heterocycles. The minimum absolute atomic E-state index is 0.0114. The summed E-state index contributed by atoms with van der Waals surface area (Å²) in [5.41, 5.74) is 1.53. The number of piperidine rings is 1. The number of nitrogens with zero attached hydrogens (tertiary/aromatic N) is 1. The van der Waals surface area contributed by atoms with Crippen molar-refractivity contribution < 1.29 is 9.50 Å². The van der Waals surface area contributed by atoms with E-state index in [4.69, 9.17) is 5.11 Å². The molecule has 1 heterocycles. The minimum atomic E-state index is -0.288. The largest absolute Gasteiger partial charge is 0.395 e. The fourth-order valence-corrected chi connectivity index (χ4v) is 2.81. The lowest BCUT2D eigenvalue weighted by Gasteiger charge is -2.36. The lowest BCUT2D eigenvalue weighted by Crippen LogP contribution is -2.40. The molecule has 0 bridgehead atoms. The Hall–Kier alpha value is -1.37. The maximum atomic E-state index is 13.7. The van der Waals surface area contributed by atoms with Gasteiger partial charge < -0.3 is 5.11 Å². The van der Waals surface area contributed by atoms with Gasteiger partial charge in [-0.15, -0.1) is 0 Å². The van der Waals surface area contributed by atoms with Crippen molar-refractivity contribution in [3.8, 4) is 11.8 Å². The van der Waals surface area contributed by atoms with Gasteiger partial charge in [-0.25, -0.2) is 4.39 Å². The average molecular weight is 289 g/mol. The van der Waals surface area contributed by atoms with Crippen LogP contribution in [-0.4, -0.2) is 29.2 Å². The molecule has 1 aromatic carbocycles. The first-order valence-corrected chi connectivity index (χ1v) is 7.72. The quantitative estimate of drug-likeness (QED) is 0.864. The van der Waals surface area contributed by atoms with Crippen LogP contribution in [0.5, 0.6) is 0 Å². The maximum Gasteiger partial charge on any atom is 0.138 e. The molecule has 1 aliphatic rings. The summed E-state index contributed by atoms with van der Waals surface area (Å²) < 4.78 is 13.7. The standard InChI is InChI=1S/C18H24FNO/c1-14-6-7-15(2)20(12-14)13-16-8-9-18(19)17(11-16)5-3-4-10-21/h8-9,11,14-15,21H,4,6-7,10,12-13H2,1-2H3. The number of hydrogen-bond acceptors (Lipinski definition) is 2. The van der Waals surface area contributed by atoms with E-state index in [1.807, 2.05) is 12.1 Å². The van der Waals surface area contributed by atoms with E-state index in [0.717, 1.165) is 24.6 Å². The second-order valence-corrected chi connectivity index (χ2v) is 6.05. The van der Waals surface area contributed by atoms with Gasteiger partial charge in [0.25, 0.3) is 0 Å². The zero-order valence-corrected chi connectivity index (χ0v) is 12.9. The minimum Gasteiger partial charge on any atom is -0.395 e. The molecule has 0 saturated carbocycles. The smallest absolute Gasteiger partial charge is 0.138 e. The van der Waals surface area contributed by atoms with Crippen molar-refractivity contribution in [1.29, 1.82) is 0 Å². The molecule has 0 radical (unpaired) electrons. The van der Waals surface area contributed by atoms with Crippen molar-refractivity contribution in [2.45, 2.75) is 45.7 Å². The fraction of sp³-hybridized carbons (Fsp3) is 0.556. The number of aliphatic hydroxyl groups excluding tert-OH is 1. The molecule has 21 heavy (non-hydrogen) atoms. The van der Waals surface area contributed by atoms with Gasteiger partial charge >= 0.3 is 0 Å². The summed E-state index contributed by atoms with van der Waals surface area (Å²) in [5, 5.41) is 8.74. The van der Waals surface area contributed by atoms with Crippen molar-refractivity contribution in [3.63, 3.8) is 0 Å². The summed E-state index contributed by atoms with van der Waals surface area (Å²) in [6.45, 7) is 6.51. The van der Waals surface area contributed by atoms with E-state index in [2.05, 4.69) is 30.6 Å². The predicted molar refractivity (Wildman–Crippen MR) is 83.3 cm³/mol. The fourth-order valence-electron chi connectivity index (χ4n) is 2.81. The van der Waals surface area contributed by atoms with Crippen molar-refractivity contribution in [2.75, 3.05) is 13.2 Å². The number of benzene rings is 1. The van der Waals surface area contributed by atoms with E-state index >= 15 is 0 Å². The number of aliphatic hydroxyl groups is 1. The van der Waals surface area contributed by atoms with E-state index < -0.39 is 0 Å². The molecule has 2 nitrogen and oxygen atoms in total. The lowest BCUT2D eigenvalue weighted by molar-refractivity contribution is 0.117. The Morgan fingerprint density at radius 1 is 1.33 bits per heavy atom. The first kappa shape index (κ1) is 16.0. The van der Waals surface area contributed by atoms with Gasteiger partial charge in [-0.05, 0) is 43.4 Å². The SMILES string of the molecule is CC1CCC(C)N(Cc2ccc(F)c(C#CCCO)c2)C1. The first-order chi connectivity index (χ1) is 10.1. The molecule has 1 N–H and O–H groups in total. The number of rotatable bonds is 3. The predicted octanol–water partition coefficient (Wildman–Crippen LogP) is 3.18. The van der Waals surface area contributed by atoms with Crippen molar-refractivity contribution >= 4 is 0 Å². The lowest BCUT2D eigenvalue weighted by atomic mass is 9.94. The van der Waals surface area contributed by atoms with E-state index in [0.29, 0.717) is 18.0 Å². The van der Waals surface area contributed by atoms with Crippen molar-refractivity contribution in [3.05, 3.63) is 35.1 Å². The van der Waals surface area contributed by atoms with Gasteiger partial charge in [0.05, 0.1) is 12.2 Å². The van der Waals surface area contributed by atoms with Crippen LogP contribution in [0.3, 0.4) is 0 Å². The maximum absolute atomic E-state index is 13.7. The van der Waals surface area contributed by atoms with E-state index in [1.165, 1.54) is 18.9 Å². The van der Waals surface area contributed by atoms with Crippen molar-refractivity contribution in [2.24, 2.45) is 5.92 Å². The molecule has 0 spiro atoms. The molecule has 0 amide bonds. The van der Waals surface area contributed by atoms with E-state index in [1.54, 1.807) is 0 Å². The molecule has 2 atom stereocenters. The Morgan fingerprint density at radius 3 is 2.90 bits per heavy atom. The summed E-state index contributed by atoms with van der Waals surface area (Å²) in [4.78, 5) is 2.46. The monoisotopic (exact) mass is 289 g/mol. The van der Waals surface area contributed by atoms with Gasteiger partial charge in [0.15, 0.2) is 0 Å². The average Bonchev–Trinajstić information content (AvgIpc) is 2.46. The third-order valence-corrected chi connectivity index (χ3v) is 4.12. The summed E-state index contributed by atoms with van der Waals surface area (Å²) in [6.07, 6.45) is 2.90. The Labute approximate surface area is 127 Å². The van der Waals surface area contributed by atoms with E-state index in [-0.39, 0.29) is 12.4 Å². The van der Waals surface area contributed by atoms with Gasteiger partial charge in [-0.2, -0.15) is 0 Å². The van der Waals surface area contributed by atoms with Gasteiger partial charge in [0.1, 0.15) is 5.82 Å². The number of hydrogen-bond donors (Lipinski definition) is 1. The molecule has 2 unspecified atom stereocenters. The Kier molecular flexibility index (Phi) is 5.78. The first-order valence-electron chi connectivity index (χ1n) is 7.72. The third kappa shape index (κ3) is 4.56. The van der Waals surface area contributed by atoms with Crippen molar-refractivity contribution in [1.82, 2.24) is 4.90 Å². The molecule has 1 aromatic rings. The second-order valence-electron chi connectivity index (χ2n) is 6.05. The molecule has 2 rings (SSSR count). The van der Waals surface area contributed by atoms with Crippen LogP contribution in [0.1, 0.15) is 44.2 Å². The van der Waals surface area contributed by atoms with Gasteiger partial charge in [-0.1, -0.05) is 24.8 Å². The zero-order chi connectivity index (χ0) is 15.2. The van der Waals surface area contributed by atoms with Gasteiger partial charge in [-0.3, -0.25) is 4.90 Å². The van der Waals surface area contributed by atoms with Crippen LogP contribution in [0.15, 0.2) is 18.2 Å². The zero-order valence-electron chi connectivity index (χ0n) is 12.9. The van der Waals surface area contributed by atoms with Crippen LogP contribution < -0.4 is 0 Å². The normalized spacial score (nSPS) is 22.7. The van der Waals surface area contributed by atoms with Crippen LogP contribution in [0.25, 0.3) is 0 Å². The van der Waals surface area contributed by atoms with Gasteiger partial charge in [0, 0.05) is 25.6 Å². The number of halogens is 1. The third-order valence-electron chi connectivity index (χ3n) is 4.12. The summed E-state index contributed by atoms with van der Waals surface area (Å²) >= 11 is 0. The molecule has 114 valence electrons. The highest BCUT2D eigenvalue weighted by Crippen LogP contribution is 2.23. The molecule has 3 heteroatoms. The highest BCUT2D eigenvalue weighted by atomic mass is 19.1. The Balaban J connectivity index is 2.10. The van der Waals surface area contributed by atoms with Crippen LogP contribution in [-0.2, 0) is 6.54 Å². The molecule has 1 saturated heterocycles.